The predicted molar refractivity (Wildman–Crippen MR) is 71.9 cm³/mol. The highest BCUT2D eigenvalue weighted by atomic mass is 15.3. The first-order valence-corrected chi connectivity index (χ1v) is 6.20. The van der Waals surface area contributed by atoms with Gasteiger partial charge in [-0.3, -0.25) is 0 Å². The van der Waals surface area contributed by atoms with Crippen molar-refractivity contribution in [2.75, 3.05) is 23.4 Å². The first kappa shape index (κ1) is 13.7. The van der Waals surface area contributed by atoms with E-state index in [-0.39, 0.29) is 0 Å². The molecule has 0 saturated heterocycles. The molecule has 0 saturated carbocycles. The lowest BCUT2D eigenvalue weighted by Crippen LogP contribution is -2.28. The lowest BCUT2D eigenvalue weighted by molar-refractivity contribution is 0.613. The number of rotatable bonds is 6. The van der Waals surface area contributed by atoms with Gasteiger partial charge in [0.15, 0.2) is 0 Å². The summed E-state index contributed by atoms with van der Waals surface area (Å²) in [5.41, 5.74) is 2.60. The number of aryl methyl sites for hydroxylation is 1. The van der Waals surface area contributed by atoms with Gasteiger partial charge in [-0.2, -0.15) is 0 Å². The summed E-state index contributed by atoms with van der Waals surface area (Å²) in [6, 6.07) is 1.89. The van der Waals surface area contributed by atoms with E-state index in [1.54, 1.807) is 0 Å². The Balaban J connectivity index is 3.00. The SMILES string of the molecule is CCc1nc(NN)cc(N(CC)CC(C)C)n1. The largest absolute Gasteiger partial charge is 0.356 e. The zero-order valence-corrected chi connectivity index (χ0v) is 11.2. The second-order valence-electron chi connectivity index (χ2n) is 4.46. The highest BCUT2D eigenvalue weighted by Crippen LogP contribution is 2.16. The monoisotopic (exact) mass is 237 g/mol. The number of anilines is 2. The summed E-state index contributed by atoms with van der Waals surface area (Å²) in [7, 11) is 0. The predicted octanol–water partition coefficient (Wildman–Crippen LogP) is 1.81. The number of hydrogen-bond acceptors (Lipinski definition) is 5. The molecule has 0 radical (unpaired) electrons. The molecule has 96 valence electrons. The highest BCUT2D eigenvalue weighted by molar-refractivity contribution is 5.48. The van der Waals surface area contributed by atoms with Gasteiger partial charge in [0, 0.05) is 25.6 Å². The minimum Gasteiger partial charge on any atom is -0.356 e. The number of aromatic nitrogens is 2. The lowest BCUT2D eigenvalue weighted by Gasteiger charge is -2.24. The first-order valence-electron chi connectivity index (χ1n) is 6.20. The molecular weight excluding hydrogens is 214 g/mol. The van der Waals surface area contributed by atoms with Crippen molar-refractivity contribution in [3.05, 3.63) is 11.9 Å². The Morgan fingerprint density at radius 2 is 2.06 bits per heavy atom. The zero-order chi connectivity index (χ0) is 12.8. The lowest BCUT2D eigenvalue weighted by atomic mass is 10.2. The van der Waals surface area contributed by atoms with E-state index in [4.69, 9.17) is 5.84 Å². The quantitative estimate of drug-likeness (QED) is 0.583. The molecule has 5 nitrogen and oxygen atoms in total. The molecule has 17 heavy (non-hydrogen) atoms. The molecule has 0 fully saturated rings. The number of nitrogens with two attached hydrogens (primary N) is 1. The average Bonchev–Trinajstić information content (AvgIpc) is 2.34. The minimum absolute atomic E-state index is 0.601. The van der Waals surface area contributed by atoms with E-state index >= 15 is 0 Å². The van der Waals surface area contributed by atoms with Crippen molar-refractivity contribution >= 4 is 11.6 Å². The Morgan fingerprint density at radius 1 is 1.35 bits per heavy atom. The molecule has 0 unspecified atom stereocenters. The van der Waals surface area contributed by atoms with Crippen LogP contribution in [0.2, 0.25) is 0 Å². The molecule has 5 heteroatoms. The smallest absolute Gasteiger partial charge is 0.145 e. The molecular formula is C12H23N5. The average molecular weight is 237 g/mol. The molecule has 1 aromatic rings. The van der Waals surface area contributed by atoms with E-state index < -0.39 is 0 Å². The van der Waals surface area contributed by atoms with E-state index in [9.17, 15) is 0 Å². The van der Waals surface area contributed by atoms with E-state index in [0.29, 0.717) is 11.7 Å². The van der Waals surface area contributed by atoms with E-state index in [2.05, 4.69) is 41.1 Å². The van der Waals surface area contributed by atoms with Crippen LogP contribution in [0.1, 0.15) is 33.5 Å². The number of nitrogens with one attached hydrogen (secondary N) is 1. The topological polar surface area (TPSA) is 67.1 Å². The van der Waals surface area contributed by atoms with Gasteiger partial charge in [0.05, 0.1) is 0 Å². The number of nitrogens with zero attached hydrogens (tertiary/aromatic N) is 3. The van der Waals surface area contributed by atoms with Gasteiger partial charge in [-0.05, 0) is 12.8 Å². The van der Waals surface area contributed by atoms with Crippen LogP contribution < -0.4 is 16.2 Å². The van der Waals surface area contributed by atoms with Crippen LogP contribution in [0.25, 0.3) is 0 Å². The Bertz CT molecular complexity index is 328. The van der Waals surface area contributed by atoms with Gasteiger partial charge < -0.3 is 10.3 Å². The van der Waals surface area contributed by atoms with Crippen molar-refractivity contribution in [1.29, 1.82) is 0 Å². The van der Waals surface area contributed by atoms with E-state index in [1.165, 1.54) is 0 Å². The molecule has 1 heterocycles. The fraction of sp³-hybridized carbons (Fsp3) is 0.667. The third-order valence-electron chi connectivity index (χ3n) is 2.51. The van der Waals surface area contributed by atoms with Crippen molar-refractivity contribution in [2.24, 2.45) is 11.8 Å². The summed E-state index contributed by atoms with van der Waals surface area (Å²) in [6.45, 7) is 10.5. The molecule has 0 aliphatic heterocycles. The Kier molecular flexibility index (Phi) is 5.15. The maximum atomic E-state index is 5.43. The summed E-state index contributed by atoms with van der Waals surface area (Å²) >= 11 is 0. The van der Waals surface area contributed by atoms with E-state index in [0.717, 1.165) is 31.2 Å². The molecule has 0 amide bonds. The maximum absolute atomic E-state index is 5.43. The van der Waals surface area contributed by atoms with Crippen molar-refractivity contribution in [3.8, 4) is 0 Å². The van der Waals surface area contributed by atoms with Crippen molar-refractivity contribution in [3.63, 3.8) is 0 Å². The van der Waals surface area contributed by atoms with Crippen LogP contribution in [0.15, 0.2) is 6.07 Å². The molecule has 3 N–H and O–H groups in total. The molecule has 1 rings (SSSR count). The summed E-state index contributed by atoms with van der Waals surface area (Å²) in [5.74, 6) is 8.47. The normalized spacial score (nSPS) is 10.7. The highest BCUT2D eigenvalue weighted by Gasteiger charge is 2.10. The van der Waals surface area contributed by atoms with Crippen LogP contribution in [-0.4, -0.2) is 23.1 Å². The van der Waals surface area contributed by atoms with Crippen LogP contribution in [0.5, 0.6) is 0 Å². The van der Waals surface area contributed by atoms with Crippen molar-refractivity contribution in [1.82, 2.24) is 9.97 Å². The fourth-order valence-electron chi connectivity index (χ4n) is 1.70. The fourth-order valence-corrected chi connectivity index (χ4v) is 1.70. The van der Waals surface area contributed by atoms with Gasteiger partial charge in [-0.25, -0.2) is 15.8 Å². The van der Waals surface area contributed by atoms with Crippen LogP contribution in [-0.2, 0) is 6.42 Å². The van der Waals surface area contributed by atoms with Crippen molar-refractivity contribution < 1.29 is 0 Å². The molecule has 0 aliphatic carbocycles. The molecule has 0 aliphatic rings. The minimum atomic E-state index is 0.601. The van der Waals surface area contributed by atoms with Gasteiger partial charge in [0.1, 0.15) is 17.5 Å². The second kappa shape index (κ2) is 6.39. The van der Waals surface area contributed by atoms with Gasteiger partial charge in [-0.15, -0.1) is 0 Å². The Hall–Kier alpha value is -1.36. The van der Waals surface area contributed by atoms with Gasteiger partial charge in [-0.1, -0.05) is 20.8 Å². The van der Waals surface area contributed by atoms with Gasteiger partial charge >= 0.3 is 0 Å². The van der Waals surface area contributed by atoms with Crippen molar-refractivity contribution in [2.45, 2.75) is 34.1 Å². The Morgan fingerprint density at radius 3 is 2.53 bits per heavy atom. The number of nitrogen functional groups attached to an aromatic ring is 1. The summed E-state index contributed by atoms with van der Waals surface area (Å²) in [5, 5.41) is 0. The molecule has 1 aromatic heterocycles. The third-order valence-corrected chi connectivity index (χ3v) is 2.51. The molecule has 0 atom stereocenters. The zero-order valence-electron chi connectivity index (χ0n) is 11.2. The van der Waals surface area contributed by atoms with E-state index in [1.807, 2.05) is 13.0 Å². The van der Waals surface area contributed by atoms with Gasteiger partial charge in [0.2, 0.25) is 0 Å². The van der Waals surface area contributed by atoms with Crippen LogP contribution in [0.3, 0.4) is 0 Å². The van der Waals surface area contributed by atoms with Crippen LogP contribution in [0.4, 0.5) is 11.6 Å². The second-order valence-corrected chi connectivity index (χ2v) is 4.46. The summed E-state index contributed by atoms with van der Waals surface area (Å²) in [4.78, 5) is 11.1. The standard InChI is InChI=1S/C12H23N5/c1-5-10-14-11(16-13)7-12(15-10)17(6-2)8-9(3)4/h7,9H,5-6,8,13H2,1-4H3,(H,14,15,16). The first-order chi connectivity index (χ1) is 8.10. The van der Waals surface area contributed by atoms with Crippen LogP contribution in [0, 0.1) is 5.92 Å². The number of hydrogen-bond donors (Lipinski definition) is 2. The molecule has 0 bridgehead atoms. The number of hydrazine groups is 1. The molecule has 0 aromatic carbocycles. The summed E-state index contributed by atoms with van der Waals surface area (Å²) in [6.07, 6.45) is 0.807. The van der Waals surface area contributed by atoms with Crippen LogP contribution >= 0.6 is 0 Å². The Labute approximate surface area is 103 Å². The van der Waals surface area contributed by atoms with Gasteiger partial charge in [0.25, 0.3) is 0 Å². The third kappa shape index (κ3) is 3.85. The molecule has 0 spiro atoms. The maximum Gasteiger partial charge on any atom is 0.145 e. The summed E-state index contributed by atoms with van der Waals surface area (Å²) < 4.78 is 0.